The van der Waals surface area contributed by atoms with Gasteiger partial charge in [0.25, 0.3) is 0 Å². The topological polar surface area (TPSA) is 81.7 Å². The summed E-state index contributed by atoms with van der Waals surface area (Å²) in [6, 6.07) is 4.98. The van der Waals surface area contributed by atoms with E-state index < -0.39 is 5.97 Å². The summed E-state index contributed by atoms with van der Waals surface area (Å²) < 4.78 is 0. The highest BCUT2D eigenvalue weighted by molar-refractivity contribution is 5.97. The van der Waals surface area contributed by atoms with E-state index in [-0.39, 0.29) is 29.3 Å². The van der Waals surface area contributed by atoms with Crippen LogP contribution in [0.15, 0.2) is 30.4 Å². The number of fused-ring (bicyclic) bond motifs is 3. The Labute approximate surface area is 140 Å². The second-order valence-corrected chi connectivity index (χ2v) is 6.63. The number of hydrogen-bond donors (Lipinski definition) is 3. The smallest absolute Gasteiger partial charge is 0.337 e. The molecule has 0 spiro atoms. The van der Waals surface area contributed by atoms with Crippen molar-refractivity contribution >= 4 is 17.6 Å². The maximum absolute atomic E-state index is 13.0. The number of carboxylic acids is 1. The molecule has 1 fully saturated rings. The van der Waals surface area contributed by atoms with Gasteiger partial charge in [-0.25, -0.2) is 4.79 Å². The number of benzene rings is 1. The molecule has 0 radical (unpaired) electrons. The second-order valence-electron chi connectivity index (χ2n) is 6.63. The predicted molar refractivity (Wildman–Crippen MR) is 90.2 cm³/mol. The van der Waals surface area contributed by atoms with E-state index in [1.807, 2.05) is 11.0 Å². The molecule has 6 heteroatoms. The Kier molecular flexibility index (Phi) is 3.76. The summed E-state index contributed by atoms with van der Waals surface area (Å²) in [5.74, 6) is -0.615. The molecule has 1 aromatic rings. The number of carbonyl (C=O) groups excluding carboxylic acids is 1. The second kappa shape index (κ2) is 5.94. The molecule has 4 rings (SSSR count). The summed E-state index contributed by atoms with van der Waals surface area (Å²) in [5.41, 5.74) is 1.83. The minimum atomic E-state index is -0.965. The van der Waals surface area contributed by atoms with Crippen molar-refractivity contribution in [2.24, 2.45) is 5.92 Å². The molecule has 3 aliphatic rings. The minimum Gasteiger partial charge on any atom is -0.478 e. The monoisotopic (exact) mass is 327 g/mol. The maximum Gasteiger partial charge on any atom is 0.337 e. The summed E-state index contributed by atoms with van der Waals surface area (Å²) in [6.07, 6.45) is 5.07. The summed E-state index contributed by atoms with van der Waals surface area (Å²) in [7, 11) is 0. The average molecular weight is 327 g/mol. The summed E-state index contributed by atoms with van der Waals surface area (Å²) in [4.78, 5) is 26.5. The fourth-order valence-electron chi connectivity index (χ4n) is 4.13. The first-order valence-electron chi connectivity index (χ1n) is 8.45. The van der Waals surface area contributed by atoms with Gasteiger partial charge in [0.2, 0.25) is 5.91 Å². The molecule has 3 atom stereocenters. The van der Waals surface area contributed by atoms with Gasteiger partial charge in [-0.1, -0.05) is 24.3 Å². The summed E-state index contributed by atoms with van der Waals surface area (Å²) in [6.45, 7) is 3.02. The van der Waals surface area contributed by atoms with Gasteiger partial charge in [0, 0.05) is 38.0 Å². The van der Waals surface area contributed by atoms with Gasteiger partial charge in [0.05, 0.1) is 11.3 Å². The zero-order chi connectivity index (χ0) is 16.7. The van der Waals surface area contributed by atoms with Crippen molar-refractivity contribution in [2.45, 2.75) is 18.4 Å². The molecule has 0 bridgehead atoms. The van der Waals surface area contributed by atoms with E-state index in [0.29, 0.717) is 18.8 Å². The van der Waals surface area contributed by atoms with Crippen LogP contribution >= 0.6 is 0 Å². The lowest BCUT2D eigenvalue weighted by Crippen LogP contribution is -2.54. The van der Waals surface area contributed by atoms with Crippen LogP contribution in [0.1, 0.15) is 28.3 Å². The van der Waals surface area contributed by atoms with Gasteiger partial charge >= 0.3 is 5.97 Å². The Bertz CT molecular complexity index is 709. The first-order chi connectivity index (χ1) is 11.7. The van der Waals surface area contributed by atoms with Gasteiger partial charge in [-0.15, -0.1) is 0 Å². The number of amides is 1. The number of allylic oxidation sites excluding steroid dienone is 2. The standard InChI is InChI=1S/C18H21N3O3/c22-17(21-9-7-19-8-10-21)16-13-5-1-3-11(13)12-4-2-6-14(18(23)24)15(12)20-16/h1-4,6,11,13,16,19-20H,5,7-10H2,(H,23,24). The van der Waals surface area contributed by atoms with Gasteiger partial charge < -0.3 is 20.6 Å². The van der Waals surface area contributed by atoms with Crippen molar-refractivity contribution in [3.05, 3.63) is 41.5 Å². The van der Waals surface area contributed by atoms with Crippen LogP contribution in [-0.4, -0.2) is 54.1 Å². The van der Waals surface area contributed by atoms with E-state index in [2.05, 4.69) is 22.8 Å². The van der Waals surface area contributed by atoms with E-state index in [0.717, 1.165) is 25.1 Å². The van der Waals surface area contributed by atoms with E-state index >= 15 is 0 Å². The van der Waals surface area contributed by atoms with E-state index in [1.54, 1.807) is 12.1 Å². The first kappa shape index (κ1) is 15.2. The normalized spacial score (nSPS) is 28.0. The molecule has 3 N–H and O–H groups in total. The molecular formula is C18H21N3O3. The number of aromatic carboxylic acids is 1. The maximum atomic E-state index is 13.0. The zero-order valence-corrected chi connectivity index (χ0v) is 13.4. The van der Waals surface area contributed by atoms with Gasteiger partial charge in [-0.05, 0) is 18.1 Å². The molecule has 2 heterocycles. The highest BCUT2D eigenvalue weighted by Crippen LogP contribution is 2.46. The number of hydrogen-bond acceptors (Lipinski definition) is 4. The largest absolute Gasteiger partial charge is 0.478 e. The molecule has 2 aliphatic heterocycles. The van der Waals surface area contributed by atoms with Crippen molar-refractivity contribution < 1.29 is 14.7 Å². The lowest BCUT2D eigenvalue weighted by molar-refractivity contribution is -0.133. The predicted octanol–water partition coefficient (Wildman–Crippen LogP) is 1.27. The van der Waals surface area contributed by atoms with E-state index in [9.17, 15) is 14.7 Å². The quantitative estimate of drug-likeness (QED) is 0.713. The average Bonchev–Trinajstić information content (AvgIpc) is 3.10. The molecule has 126 valence electrons. The molecule has 0 saturated carbocycles. The molecule has 1 amide bonds. The van der Waals surface area contributed by atoms with Gasteiger partial charge in [-0.3, -0.25) is 4.79 Å². The fourth-order valence-corrected chi connectivity index (χ4v) is 4.13. The van der Waals surface area contributed by atoms with E-state index in [4.69, 9.17) is 0 Å². The fraction of sp³-hybridized carbons (Fsp3) is 0.444. The van der Waals surface area contributed by atoms with Crippen LogP contribution in [0, 0.1) is 5.92 Å². The van der Waals surface area contributed by atoms with Crippen molar-refractivity contribution in [1.82, 2.24) is 10.2 Å². The number of nitrogens with zero attached hydrogens (tertiary/aromatic N) is 1. The van der Waals surface area contributed by atoms with Crippen molar-refractivity contribution in [2.75, 3.05) is 31.5 Å². The Morgan fingerprint density at radius 1 is 1.21 bits per heavy atom. The lowest BCUT2D eigenvalue weighted by Gasteiger charge is -2.40. The Morgan fingerprint density at radius 3 is 2.75 bits per heavy atom. The van der Waals surface area contributed by atoms with Gasteiger partial charge in [0.1, 0.15) is 6.04 Å². The highest BCUT2D eigenvalue weighted by Gasteiger charge is 2.43. The van der Waals surface area contributed by atoms with Crippen LogP contribution in [0.5, 0.6) is 0 Å². The molecule has 24 heavy (non-hydrogen) atoms. The van der Waals surface area contributed by atoms with Gasteiger partial charge in [-0.2, -0.15) is 0 Å². The molecule has 1 aliphatic carbocycles. The van der Waals surface area contributed by atoms with Crippen LogP contribution in [0.4, 0.5) is 5.69 Å². The number of para-hydroxylation sites is 1. The number of rotatable bonds is 2. The van der Waals surface area contributed by atoms with Crippen LogP contribution in [0.3, 0.4) is 0 Å². The third kappa shape index (κ3) is 2.38. The minimum absolute atomic E-state index is 0.0843. The van der Waals surface area contributed by atoms with Crippen molar-refractivity contribution in [3.63, 3.8) is 0 Å². The first-order valence-corrected chi connectivity index (χ1v) is 8.45. The van der Waals surface area contributed by atoms with Crippen LogP contribution in [0.2, 0.25) is 0 Å². The number of carbonyl (C=O) groups is 2. The molecule has 6 nitrogen and oxygen atoms in total. The van der Waals surface area contributed by atoms with E-state index in [1.165, 1.54) is 0 Å². The Morgan fingerprint density at radius 2 is 2.00 bits per heavy atom. The highest BCUT2D eigenvalue weighted by atomic mass is 16.4. The molecular weight excluding hydrogens is 306 g/mol. The van der Waals surface area contributed by atoms with Crippen LogP contribution < -0.4 is 10.6 Å². The van der Waals surface area contributed by atoms with Crippen LogP contribution in [-0.2, 0) is 4.79 Å². The SMILES string of the molecule is O=C(O)c1cccc2c1NC(C(=O)N1CCNCC1)C1CC=CC21. The number of piperazine rings is 1. The van der Waals surface area contributed by atoms with Crippen LogP contribution in [0.25, 0.3) is 0 Å². The molecule has 1 saturated heterocycles. The van der Waals surface area contributed by atoms with Crippen molar-refractivity contribution in [3.8, 4) is 0 Å². The molecule has 3 unspecified atom stereocenters. The Hall–Kier alpha value is -2.34. The van der Waals surface area contributed by atoms with Gasteiger partial charge in [0.15, 0.2) is 0 Å². The summed E-state index contributed by atoms with van der Waals surface area (Å²) in [5, 5.41) is 16.0. The van der Waals surface area contributed by atoms with Crippen molar-refractivity contribution in [1.29, 1.82) is 0 Å². The number of anilines is 1. The lowest BCUT2D eigenvalue weighted by atomic mass is 9.78. The molecule has 0 aromatic heterocycles. The molecule has 1 aromatic carbocycles. The third-order valence-corrected chi connectivity index (χ3v) is 5.32. The number of nitrogens with one attached hydrogen (secondary N) is 2. The zero-order valence-electron chi connectivity index (χ0n) is 13.4. The third-order valence-electron chi connectivity index (χ3n) is 5.32. The Balaban J connectivity index is 1.71. The summed E-state index contributed by atoms with van der Waals surface area (Å²) >= 11 is 0. The number of carboxylic acid groups (broad SMARTS) is 1.